The van der Waals surface area contributed by atoms with Crippen molar-refractivity contribution in [2.45, 2.75) is 0 Å². The van der Waals surface area contributed by atoms with Crippen LogP contribution in [0.2, 0.25) is 0 Å². The SMILES string of the molecule is COc1ccc2cc(-c3cc(-c4cccc(C(=O)NCCN(C)C)c4)cnc3N)ccc2c1. The number of amides is 1. The summed E-state index contributed by atoms with van der Waals surface area (Å²) in [7, 11) is 5.62. The number of nitrogen functional groups attached to an aromatic ring is 1. The Morgan fingerprint density at radius 1 is 0.970 bits per heavy atom. The molecule has 0 atom stereocenters. The van der Waals surface area contributed by atoms with Crippen molar-refractivity contribution in [2.75, 3.05) is 40.0 Å². The molecule has 0 spiro atoms. The van der Waals surface area contributed by atoms with Crippen LogP contribution in [0, 0.1) is 0 Å². The fraction of sp³-hybridized carbons (Fsp3) is 0.185. The topological polar surface area (TPSA) is 80.5 Å². The molecule has 6 nitrogen and oxygen atoms in total. The third-order valence-corrected chi connectivity index (χ3v) is 5.58. The van der Waals surface area contributed by atoms with Crippen molar-refractivity contribution in [3.8, 4) is 28.0 Å². The fourth-order valence-corrected chi connectivity index (χ4v) is 3.72. The molecule has 0 bridgehead atoms. The van der Waals surface area contributed by atoms with Crippen LogP contribution in [-0.2, 0) is 0 Å². The van der Waals surface area contributed by atoms with Gasteiger partial charge in [-0.1, -0.05) is 30.3 Å². The van der Waals surface area contributed by atoms with E-state index in [1.54, 1.807) is 13.3 Å². The molecule has 33 heavy (non-hydrogen) atoms. The molecular weight excluding hydrogens is 412 g/mol. The average Bonchev–Trinajstić information content (AvgIpc) is 2.83. The second-order valence-electron chi connectivity index (χ2n) is 8.22. The molecule has 6 heteroatoms. The van der Waals surface area contributed by atoms with E-state index in [-0.39, 0.29) is 5.91 Å². The largest absolute Gasteiger partial charge is 0.497 e. The van der Waals surface area contributed by atoms with Gasteiger partial charge in [0.05, 0.1) is 7.11 Å². The van der Waals surface area contributed by atoms with Gasteiger partial charge in [0.1, 0.15) is 11.6 Å². The highest BCUT2D eigenvalue weighted by molar-refractivity contribution is 5.96. The quantitative estimate of drug-likeness (QED) is 0.444. The van der Waals surface area contributed by atoms with Gasteiger partial charge in [-0.25, -0.2) is 4.98 Å². The molecular formula is C27H28N4O2. The van der Waals surface area contributed by atoms with Crippen LogP contribution in [0.3, 0.4) is 0 Å². The first-order chi connectivity index (χ1) is 15.9. The van der Waals surface area contributed by atoms with Crippen molar-refractivity contribution >= 4 is 22.5 Å². The van der Waals surface area contributed by atoms with Crippen LogP contribution in [0.1, 0.15) is 10.4 Å². The van der Waals surface area contributed by atoms with Gasteiger partial charge in [-0.15, -0.1) is 0 Å². The first-order valence-electron chi connectivity index (χ1n) is 10.8. The second-order valence-corrected chi connectivity index (χ2v) is 8.22. The van der Waals surface area contributed by atoms with Crippen molar-refractivity contribution in [1.82, 2.24) is 15.2 Å². The number of nitrogens with two attached hydrogens (primary N) is 1. The van der Waals surface area contributed by atoms with Gasteiger partial charge < -0.3 is 20.7 Å². The molecule has 0 unspecified atom stereocenters. The Morgan fingerprint density at radius 3 is 2.55 bits per heavy atom. The number of carbonyl (C=O) groups excluding carboxylic acids is 1. The Bertz CT molecular complexity index is 1300. The van der Waals surface area contributed by atoms with E-state index in [0.717, 1.165) is 45.3 Å². The average molecular weight is 441 g/mol. The molecule has 0 aliphatic carbocycles. The van der Waals surface area contributed by atoms with Crippen molar-refractivity contribution in [3.05, 3.63) is 78.5 Å². The van der Waals surface area contributed by atoms with E-state index in [2.05, 4.69) is 22.4 Å². The summed E-state index contributed by atoms with van der Waals surface area (Å²) in [5.74, 6) is 1.19. The second kappa shape index (κ2) is 9.71. The number of pyridine rings is 1. The number of aromatic nitrogens is 1. The van der Waals surface area contributed by atoms with Gasteiger partial charge in [0.15, 0.2) is 0 Å². The number of rotatable bonds is 7. The Kier molecular flexibility index (Phi) is 6.56. The van der Waals surface area contributed by atoms with E-state index < -0.39 is 0 Å². The molecule has 0 fully saturated rings. The zero-order valence-corrected chi connectivity index (χ0v) is 19.1. The minimum atomic E-state index is -0.0905. The van der Waals surface area contributed by atoms with E-state index >= 15 is 0 Å². The molecule has 3 N–H and O–H groups in total. The monoisotopic (exact) mass is 440 g/mol. The molecule has 1 amide bonds. The van der Waals surface area contributed by atoms with Gasteiger partial charge in [-0.2, -0.15) is 0 Å². The summed E-state index contributed by atoms with van der Waals surface area (Å²) >= 11 is 0. The zero-order chi connectivity index (χ0) is 23.4. The molecule has 4 rings (SSSR count). The normalized spacial score (nSPS) is 11.0. The first kappa shape index (κ1) is 22.3. The third-order valence-electron chi connectivity index (χ3n) is 5.58. The third kappa shape index (κ3) is 5.13. The number of hydrogen-bond donors (Lipinski definition) is 2. The number of ether oxygens (including phenoxy) is 1. The van der Waals surface area contributed by atoms with Crippen molar-refractivity contribution in [3.63, 3.8) is 0 Å². The van der Waals surface area contributed by atoms with Gasteiger partial charge in [-0.05, 0) is 72.4 Å². The summed E-state index contributed by atoms with van der Waals surface area (Å²) in [5, 5.41) is 5.14. The van der Waals surface area contributed by atoms with Gasteiger partial charge >= 0.3 is 0 Å². The minimum Gasteiger partial charge on any atom is -0.497 e. The number of hydrogen-bond acceptors (Lipinski definition) is 5. The van der Waals surface area contributed by atoms with E-state index in [0.29, 0.717) is 17.9 Å². The number of benzene rings is 3. The number of anilines is 1. The first-order valence-corrected chi connectivity index (χ1v) is 10.8. The number of nitrogens with zero attached hydrogens (tertiary/aromatic N) is 2. The van der Waals surface area contributed by atoms with Gasteiger partial charge in [0, 0.05) is 36.0 Å². The van der Waals surface area contributed by atoms with E-state index in [4.69, 9.17) is 10.5 Å². The maximum absolute atomic E-state index is 12.5. The summed E-state index contributed by atoms with van der Waals surface area (Å²) in [6, 6.07) is 21.7. The molecule has 4 aromatic rings. The van der Waals surface area contributed by atoms with Crippen LogP contribution in [0.15, 0.2) is 72.9 Å². The fourth-order valence-electron chi connectivity index (χ4n) is 3.72. The van der Waals surface area contributed by atoms with E-state index in [1.807, 2.05) is 73.6 Å². The number of methoxy groups -OCH3 is 1. The lowest BCUT2D eigenvalue weighted by Gasteiger charge is -2.12. The summed E-state index contributed by atoms with van der Waals surface area (Å²) in [6.45, 7) is 1.38. The highest BCUT2D eigenvalue weighted by Gasteiger charge is 2.11. The summed E-state index contributed by atoms with van der Waals surface area (Å²) in [5.41, 5.74) is 10.5. The Hall–Kier alpha value is -3.90. The van der Waals surface area contributed by atoms with Gasteiger partial charge in [0.25, 0.3) is 5.91 Å². The molecule has 1 heterocycles. The molecule has 0 saturated carbocycles. The van der Waals surface area contributed by atoms with Gasteiger partial charge in [0.2, 0.25) is 0 Å². The smallest absolute Gasteiger partial charge is 0.251 e. The highest BCUT2D eigenvalue weighted by atomic mass is 16.5. The predicted octanol–water partition coefficient (Wildman–Crippen LogP) is 4.45. The number of nitrogens with one attached hydrogen (secondary N) is 1. The number of likely N-dealkylation sites (N-methyl/N-ethyl adjacent to an activating group) is 1. The molecule has 0 aliphatic heterocycles. The van der Waals surface area contributed by atoms with Crippen LogP contribution < -0.4 is 15.8 Å². The minimum absolute atomic E-state index is 0.0905. The highest BCUT2D eigenvalue weighted by Crippen LogP contribution is 2.32. The summed E-state index contributed by atoms with van der Waals surface area (Å²) in [4.78, 5) is 19.0. The van der Waals surface area contributed by atoms with Crippen LogP contribution in [0.4, 0.5) is 5.82 Å². The maximum atomic E-state index is 12.5. The van der Waals surface area contributed by atoms with Crippen LogP contribution in [-0.4, -0.2) is 50.1 Å². The standard InChI is InChI=1S/C27H28N4O2/c1-31(2)12-11-29-27(32)22-6-4-5-18(14-22)23-16-25(26(28)30-17-23)21-8-7-20-15-24(33-3)10-9-19(20)13-21/h4-10,13-17H,11-12H2,1-3H3,(H2,28,30)(H,29,32). The van der Waals surface area contributed by atoms with Crippen molar-refractivity contribution in [2.24, 2.45) is 0 Å². The lowest BCUT2D eigenvalue weighted by atomic mass is 9.98. The lowest BCUT2D eigenvalue weighted by Crippen LogP contribution is -2.31. The van der Waals surface area contributed by atoms with E-state index in [9.17, 15) is 4.79 Å². The van der Waals surface area contributed by atoms with Crippen LogP contribution in [0.25, 0.3) is 33.0 Å². The maximum Gasteiger partial charge on any atom is 0.251 e. The summed E-state index contributed by atoms with van der Waals surface area (Å²) < 4.78 is 5.32. The lowest BCUT2D eigenvalue weighted by molar-refractivity contribution is 0.0951. The molecule has 1 aromatic heterocycles. The Morgan fingerprint density at radius 2 is 1.76 bits per heavy atom. The van der Waals surface area contributed by atoms with Crippen molar-refractivity contribution in [1.29, 1.82) is 0 Å². The Balaban J connectivity index is 1.64. The zero-order valence-electron chi connectivity index (χ0n) is 19.1. The molecule has 3 aromatic carbocycles. The van der Waals surface area contributed by atoms with Crippen LogP contribution in [0.5, 0.6) is 5.75 Å². The summed E-state index contributed by atoms with van der Waals surface area (Å²) in [6.07, 6.45) is 1.74. The Labute approximate surface area is 194 Å². The molecule has 168 valence electrons. The molecule has 0 aliphatic rings. The van der Waals surface area contributed by atoms with Crippen molar-refractivity contribution < 1.29 is 9.53 Å². The van der Waals surface area contributed by atoms with E-state index in [1.165, 1.54) is 0 Å². The number of fused-ring (bicyclic) bond motifs is 1. The number of carbonyl (C=O) groups is 1. The molecule has 0 radical (unpaired) electrons. The van der Waals surface area contributed by atoms with Gasteiger partial charge in [-0.3, -0.25) is 4.79 Å². The van der Waals surface area contributed by atoms with Crippen LogP contribution >= 0.6 is 0 Å². The molecule has 0 saturated heterocycles. The predicted molar refractivity (Wildman–Crippen MR) is 134 cm³/mol.